The number of rotatable bonds is 5. The van der Waals surface area contributed by atoms with Crippen molar-refractivity contribution in [3.8, 4) is 0 Å². The molecule has 24 heavy (non-hydrogen) atoms. The van der Waals surface area contributed by atoms with Crippen molar-refractivity contribution in [2.45, 2.75) is 38.3 Å². The number of hydrogen-bond acceptors (Lipinski definition) is 4. The second-order valence-corrected chi connectivity index (χ2v) is 6.21. The largest absolute Gasteiger partial charge is 2.00 e. The van der Waals surface area contributed by atoms with E-state index in [-0.39, 0.29) is 23.1 Å². The monoisotopic (exact) mass is 371 g/mol. The van der Waals surface area contributed by atoms with Gasteiger partial charge in [0, 0.05) is 6.61 Å². The Labute approximate surface area is 157 Å². The molecule has 2 fully saturated rings. The van der Waals surface area contributed by atoms with Crippen LogP contribution in [0.25, 0.3) is 0 Å². The van der Waals surface area contributed by atoms with Gasteiger partial charge < -0.3 is 14.9 Å². The van der Waals surface area contributed by atoms with Gasteiger partial charge in [-0.05, 0) is 84.0 Å². The fourth-order valence-electron chi connectivity index (χ4n) is 2.27. The predicted molar refractivity (Wildman–Crippen MR) is 90.7 cm³/mol. The van der Waals surface area contributed by atoms with Gasteiger partial charge in [0.15, 0.2) is 5.90 Å². The molecular formula is C19H25FeNO3+2. The van der Waals surface area contributed by atoms with Crippen molar-refractivity contribution in [2.24, 2.45) is 4.99 Å². The van der Waals surface area contributed by atoms with Crippen LogP contribution in [0.15, 0.2) is 4.99 Å². The van der Waals surface area contributed by atoms with Gasteiger partial charge in [0.05, 0.1) is 11.5 Å². The number of aliphatic imine (C=N–C) groups is 1. The fraction of sp³-hybridized carbons (Fsp3) is 0.421. The van der Waals surface area contributed by atoms with Gasteiger partial charge in [-0.1, -0.05) is 0 Å². The van der Waals surface area contributed by atoms with E-state index in [1.807, 2.05) is 38.5 Å². The first-order valence-corrected chi connectivity index (χ1v) is 7.97. The van der Waals surface area contributed by atoms with Crippen molar-refractivity contribution in [3.63, 3.8) is 0 Å². The Bertz CT molecular complexity index is 369. The summed E-state index contributed by atoms with van der Waals surface area (Å²) in [7, 11) is 0. The summed E-state index contributed by atoms with van der Waals surface area (Å²) in [6.07, 6.45) is 17.9. The van der Waals surface area contributed by atoms with Crippen LogP contribution in [0.5, 0.6) is 0 Å². The molecule has 2 N–H and O–H groups in total. The average molecular weight is 371 g/mol. The molecule has 2 aliphatic carbocycles. The minimum Gasteiger partial charge on any atom is -0.478 e. The smallest absolute Gasteiger partial charge is 0.478 e. The maximum Gasteiger partial charge on any atom is 2.00 e. The molecular weight excluding hydrogens is 346 g/mol. The van der Waals surface area contributed by atoms with Crippen LogP contribution in [0, 0.1) is 63.2 Å². The molecule has 1 heterocycles. The summed E-state index contributed by atoms with van der Waals surface area (Å²) in [6, 6.07) is -0.160. The van der Waals surface area contributed by atoms with Crippen molar-refractivity contribution in [3.05, 3.63) is 63.2 Å². The summed E-state index contributed by atoms with van der Waals surface area (Å²) in [5.74, 6) is 2.95. The van der Waals surface area contributed by atoms with Crippen molar-refractivity contribution in [2.75, 3.05) is 13.2 Å². The van der Waals surface area contributed by atoms with Gasteiger partial charge in [0.2, 0.25) is 0 Å². The molecule has 0 aromatic heterocycles. The van der Waals surface area contributed by atoms with Crippen LogP contribution < -0.4 is 0 Å². The third-order valence-corrected chi connectivity index (χ3v) is 3.73. The second kappa shape index (κ2) is 10.8. The molecule has 0 unspecified atom stereocenters. The zero-order valence-corrected chi connectivity index (χ0v) is 15.2. The molecule has 1 atom stereocenters. The van der Waals surface area contributed by atoms with Crippen LogP contribution in [0.1, 0.15) is 26.7 Å². The van der Waals surface area contributed by atoms with E-state index in [4.69, 9.17) is 9.84 Å². The molecule has 0 spiro atoms. The van der Waals surface area contributed by atoms with E-state index in [1.165, 1.54) is 5.92 Å². The first kappa shape index (κ1) is 22.0. The van der Waals surface area contributed by atoms with Crippen LogP contribution >= 0.6 is 0 Å². The molecule has 10 radical (unpaired) electrons. The van der Waals surface area contributed by atoms with E-state index in [0.29, 0.717) is 19.1 Å². The summed E-state index contributed by atoms with van der Waals surface area (Å²) in [4.78, 5) is 4.35. The molecule has 2 saturated carbocycles. The van der Waals surface area contributed by atoms with Crippen LogP contribution in [0.3, 0.4) is 0 Å². The topological polar surface area (TPSA) is 62.0 Å². The standard InChI is InChI=1S/C11H14NO2.C8H11O.Fe/c1-11(2,13)9-7-14-10(12-9)8-5-3-4-6-8;9-7-3-6-8-4-1-2-5-8;/h3-6,9,13H,7H2,1-2H3;1-2,4-5,9H,3,6-7H2;/q;;+2/t9-;;/m0../s1. The summed E-state index contributed by atoms with van der Waals surface area (Å²) in [6.45, 7) is 4.26. The minimum atomic E-state index is -0.811. The van der Waals surface area contributed by atoms with Gasteiger partial charge in [-0.2, -0.15) is 0 Å². The van der Waals surface area contributed by atoms with E-state index in [9.17, 15) is 5.11 Å². The third kappa shape index (κ3) is 7.03. The number of aliphatic hydroxyl groups is 2. The van der Waals surface area contributed by atoms with Crippen LogP contribution in [-0.4, -0.2) is 41.0 Å². The van der Waals surface area contributed by atoms with Crippen LogP contribution in [0.4, 0.5) is 0 Å². The van der Waals surface area contributed by atoms with E-state index < -0.39 is 5.60 Å². The number of hydrogen-bond donors (Lipinski definition) is 2. The Morgan fingerprint density at radius 1 is 1.12 bits per heavy atom. The number of aliphatic hydroxyl groups excluding tert-OH is 1. The van der Waals surface area contributed by atoms with E-state index in [1.54, 1.807) is 13.8 Å². The van der Waals surface area contributed by atoms with Crippen molar-refractivity contribution < 1.29 is 32.0 Å². The van der Waals surface area contributed by atoms with Gasteiger partial charge in [-0.15, -0.1) is 0 Å². The Morgan fingerprint density at radius 3 is 2.21 bits per heavy atom. The molecule has 3 aliphatic rings. The Morgan fingerprint density at radius 2 is 1.71 bits per heavy atom. The zero-order chi connectivity index (χ0) is 16.7. The molecule has 130 valence electrons. The summed E-state index contributed by atoms with van der Waals surface area (Å²) < 4.78 is 5.43. The van der Waals surface area contributed by atoms with Gasteiger partial charge in [0.25, 0.3) is 0 Å². The average Bonchev–Trinajstić information content (AvgIpc) is 3.25. The second-order valence-electron chi connectivity index (χ2n) is 6.21. The van der Waals surface area contributed by atoms with E-state index in [0.717, 1.165) is 18.8 Å². The summed E-state index contributed by atoms with van der Waals surface area (Å²) >= 11 is 0. The van der Waals surface area contributed by atoms with Gasteiger partial charge in [0.1, 0.15) is 12.6 Å². The van der Waals surface area contributed by atoms with Crippen LogP contribution in [-0.2, 0) is 21.8 Å². The fourth-order valence-corrected chi connectivity index (χ4v) is 2.27. The molecule has 4 nitrogen and oxygen atoms in total. The first-order chi connectivity index (χ1) is 11.0. The zero-order valence-electron chi connectivity index (χ0n) is 14.1. The molecule has 0 saturated heterocycles. The van der Waals surface area contributed by atoms with Crippen LogP contribution in [0.2, 0.25) is 0 Å². The molecule has 0 bridgehead atoms. The van der Waals surface area contributed by atoms with Crippen molar-refractivity contribution in [1.29, 1.82) is 0 Å². The maximum atomic E-state index is 9.75. The van der Waals surface area contributed by atoms with Gasteiger partial charge in [-0.3, -0.25) is 0 Å². The normalized spacial score (nSPS) is 24.8. The Kier molecular flexibility index (Phi) is 9.88. The third-order valence-electron chi connectivity index (χ3n) is 3.73. The predicted octanol–water partition coefficient (Wildman–Crippen LogP) is 2.12. The van der Waals surface area contributed by atoms with Gasteiger partial charge in [-0.25, -0.2) is 4.99 Å². The summed E-state index contributed by atoms with van der Waals surface area (Å²) in [5, 5.41) is 18.2. The number of nitrogens with zero attached hydrogens (tertiary/aromatic N) is 1. The van der Waals surface area contributed by atoms with Crippen molar-refractivity contribution in [1.82, 2.24) is 0 Å². The Balaban J connectivity index is 0.000000252. The quantitative estimate of drug-likeness (QED) is 0.728. The summed E-state index contributed by atoms with van der Waals surface area (Å²) in [5.41, 5.74) is -0.811. The van der Waals surface area contributed by atoms with E-state index in [2.05, 4.69) is 17.8 Å². The maximum absolute atomic E-state index is 9.75. The molecule has 0 amide bonds. The van der Waals surface area contributed by atoms with E-state index >= 15 is 0 Å². The molecule has 3 rings (SSSR count). The molecule has 5 heteroatoms. The minimum absolute atomic E-state index is 0. The Hall–Kier alpha value is -0.0905. The number of ether oxygens (including phenoxy) is 1. The van der Waals surface area contributed by atoms with Crippen molar-refractivity contribution >= 4 is 5.90 Å². The molecule has 0 aromatic rings. The molecule has 0 aromatic carbocycles. The first-order valence-electron chi connectivity index (χ1n) is 7.97. The van der Waals surface area contributed by atoms with Gasteiger partial charge >= 0.3 is 17.1 Å². The SMILES string of the molecule is CC(C)(O)[C@@H]1COC([C]2[CH][CH][CH][CH]2)=N1.OCCC[C]1[CH][CH][CH][CH]1.[Fe+2]. The molecule has 1 aliphatic heterocycles.